The first kappa shape index (κ1) is 24.9. The molecular formula is C24H24ClN7O4S. The summed E-state index contributed by atoms with van der Waals surface area (Å²) in [5.74, 6) is 0. The maximum absolute atomic E-state index is 13.5. The van der Waals surface area contributed by atoms with Gasteiger partial charge < -0.3 is 4.57 Å². The van der Waals surface area contributed by atoms with E-state index >= 15 is 0 Å². The molecule has 0 saturated carbocycles. The van der Waals surface area contributed by atoms with Crippen molar-refractivity contribution in [1.29, 1.82) is 0 Å². The van der Waals surface area contributed by atoms with Crippen LogP contribution in [0.3, 0.4) is 0 Å². The molecule has 4 aromatic heterocycles. The number of hydrogen-bond donors (Lipinski definition) is 1. The molecule has 2 N–H and O–H groups in total. The Labute approximate surface area is 216 Å². The summed E-state index contributed by atoms with van der Waals surface area (Å²) in [6, 6.07) is 8.59. The average molecular weight is 542 g/mol. The van der Waals surface area contributed by atoms with E-state index in [1.54, 1.807) is 34.6 Å². The molecule has 1 aromatic carbocycles. The highest BCUT2D eigenvalue weighted by Crippen LogP contribution is 2.31. The minimum Gasteiger partial charge on any atom is -0.348 e. The molecule has 0 saturated heterocycles. The van der Waals surface area contributed by atoms with Crippen LogP contribution in [0.25, 0.3) is 33.3 Å². The van der Waals surface area contributed by atoms with Crippen molar-refractivity contribution in [1.82, 2.24) is 28.5 Å². The molecule has 5 aromatic rings. The van der Waals surface area contributed by atoms with Gasteiger partial charge in [-0.25, -0.2) is 18.4 Å². The number of hydrogen-bond acceptors (Lipinski definition) is 6. The van der Waals surface area contributed by atoms with Gasteiger partial charge >= 0.3 is 5.69 Å². The van der Waals surface area contributed by atoms with Gasteiger partial charge in [-0.3, -0.25) is 23.6 Å². The molecule has 13 heteroatoms. The Hall–Kier alpha value is -3.74. The van der Waals surface area contributed by atoms with Crippen LogP contribution in [0, 0.1) is 0 Å². The van der Waals surface area contributed by atoms with Crippen LogP contribution in [0.15, 0.2) is 57.2 Å². The Morgan fingerprint density at radius 3 is 2.54 bits per heavy atom. The van der Waals surface area contributed by atoms with Crippen molar-refractivity contribution < 1.29 is 8.42 Å². The van der Waals surface area contributed by atoms with E-state index in [4.69, 9.17) is 21.8 Å². The number of nitrogens with two attached hydrogens (primary N) is 1. The highest BCUT2D eigenvalue weighted by atomic mass is 35.5. The highest BCUT2D eigenvalue weighted by Gasteiger charge is 2.25. The molecular weight excluding hydrogens is 518 g/mol. The van der Waals surface area contributed by atoms with Gasteiger partial charge in [0.05, 0.1) is 17.8 Å². The number of halogens is 1. The van der Waals surface area contributed by atoms with Gasteiger partial charge in [0, 0.05) is 43.4 Å². The first-order valence-corrected chi connectivity index (χ1v) is 13.4. The maximum Gasteiger partial charge on any atom is 0.332 e. The van der Waals surface area contributed by atoms with Crippen molar-refractivity contribution in [3.8, 4) is 11.4 Å². The van der Waals surface area contributed by atoms with Crippen molar-refractivity contribution >= 4 is 43.6 Å². The van der Waals surface area contributed by atoms with Crippen LogP contribution in [-0.2, 0) is 37.2 Å². The van der Waals surface area contributed by atoms with E-state index in [2.05, 4.69) is 4.98 Å². The van der Waals surface area contributed by atoms with E-state index in [1.807, 2.05) is 19.1 Å². The zero-order chi connectivity index (χ0) is 26.6. The van der Waals surface area contributed by atoms with Crippen molar-refractivity contribution in [2.24, 2.45) is 19.2 Å². The Bertz CT molecular complexity index is 1930. The summed E-state index contributed by atoms with van der Waals surface area (Å²) in [6.45, 7) is 2.47. The second kappa shape index (κ2) is 8.98. The number of aryl methyl sites for hydroxylation is 2. The van der Waals surface area contributed by atoms with Crippen LogP contribution in [0.1, 0.15) is 18.9 Å². The summed E-state index contributed by atoms with van der Waals surface area (Å²) in [5, 5.41) is 11.7. The summed E-state index contributed by atoms with van der Waals surface area (Å²) < 4.78 is 29.9. The average Bonchev–Trinajstić information content (AvgIpc) is 3.41. The van der Waals surface area contributed by atoms with E-state index < -0.39 is 21.3 Å². The Morgan fingerprint density at radius 2 is 1.86 bits per heavy atom. The summed E-state index contributed by atoms with van der Waals surface area (Å²) >= 11 is 6.26. The van der Waals surface area contributed by atoms with Gasteiger partial charge in [0.1, 0.15) is 16.0 Å². The van der Waals surface area contributed by atoms with Gasteiger partial charge in [-0.15, -0.1) is 0 Å². The fraction of sp³-hybridized carbons (Fsp3) is 0.250. The predicted molar refractivity (Wildman–Crippen MR) is 141 cm³/mol. The predicted octanol–water partition coefficient (Wildman–Crippen LogP) is 2.21. The van der Waals surface area contributed by atoms with Gasteiger partial charge in [-0.2, -0.15) is 5.10 Å². The molecule has 192 valence electrons. The normalized spacial score (nSPS) is 12.1. The van der Waals surface area contributed by atoms with Gasteiger partial charge in [0.25, 0.3) is 5.56 Å². The molecule has 4 heterocycles. The second-order valence-electron chi connectivity index (χ2n) is 8.85. The van der Waals surface area contributed by atoms with Crippen LogP contribution < -0.4 is 16.4 Å². The fourth-order valence-electron chi connectivity index (χ4n) is 4.56. The molecule has 11 nitrogen and oxygen atoms in total. The summed E-state index contributed by atoms with van der Waals surface area (Å²) in [5.41, 5.74) is 1.53. The lowest BCUT2D eigenvalue weighted by Crippen LogP contribution is -2.38. The van der Waals surface area contributed by atoms with Gasteiger partial charge in [-0.05, 0) is 42.3 Å². The third-order valence-electron chi connectivity index (χ3n) is 6.34. The number of primary sulfonamides is 1. The number of fused-ring (bicyclic) bond motifs is 2. The van der Waals surface area contributed by atoms with Gasteiger partial charge in [0.2, 0.25) is 10.0 Å². The molecule has 5 rings (SSSR count). The minimum atomic E-state index is -4.01. The molecule has 0 amide bonds. The molecule has 37 heavy (non-hydrogen) atoms. The number of pyridine rings is 1. The van der Waals surface area contributed by atoms with E-state index in [-0.39, 0.29) is 22.5 Å². The molecule has 0 atom stereocenters. The van der Waals surface area contributed by atoms with Crippen molar-refractivity contribution in [3.05, 3.63) is 74.1 Å². The number of sulfonamides is 1. The molecule has 0 bridgehead atoms. The molecule has 0 spiro atoms. The van der Waals surface area contributed by atoms with Crippen molar-refractivity contribution in [2.45, 2.75) is 31.3 Å². The largest absolute Gasteiger partial charge is 0.348 e. The lowest BCUT2D eigenvalue weighted by Gasteiger charge is -2.11. The van der Waals surface area contributed by atoms with Crippen LogP contribution in [0.4, 0.5) is 0 Å². The lowest BCUT2D eigenvalue weighted by atomic mass is 10.1. The summed E-state index contributed by atoms with van der Waals surface area (Å²) in [4.78, 5) is 30.7. The third kappa shape index (κ3) is 4.16. The molecule has 0 fully saturated rings. The zero-order valence-corrected chi connectivity index (χ0v) is 21.9. The topological polar surface area (TPSA) is 140 Å². The van der Waals surface area contributed by atoms with Crippen LogP contribution >= 0.6 is 11.6 Å². The minimum absolute atomic E-state index is 0.106. The van der Waals surface area contributed by atoms with Crippen LogP contribution in [0.2, 0.25) is 5.02 Å². The number of rotatable bonds is 6. The Balaban J connectivity index is 1.88. The molecule has 0 aliphatic heterocycles. The molecule has 0 aliphatic carbocycles. The SMILES string of the molecule is CCCn1c(=O)n(C)c(=O)c2c(-c3cc(S(N)(=O)=O)cn3C)n(Cc3ccnc4ccc(Cl)cc34)nc21. The number of nitrogens with zero attached hydrogens (tertiary/aromatic N) is 6. The number of benzene rings is 1. The quantitative estimate of drug-likeness (QED) is 0.349. The maximum atomic E-state index is 13.5. The Morgan fingerprint density at radius 1 is 1.11 bits per heavy atom. The van der Waals surface area contributed by atoms with E-state index in [9.17, 15) is 18.0 Å². The number of aromatic nitrogens is 6. The third-order valence-corrected chi connectivity index (χ3v) is 7.45. The fourth-order valence-corrected chi connectivity index (χ4v) is 5.31. The summed E-state index contributed by atoms with van der Waals surface area (Å²) in [6.07, 6.45) is 3.69. The first-order chi connectivity index (χ1) is 17.5. The van der Waals surface area contributed by atoms with Crippen LogP contribution in [-0.4, -0.2) is 36.9 Å². The molecule has 0 radical (unpaired) electrons. The first-order valence-electron chi connectivity index (χ1n) is 11.4. The second-order valence-corrected chi connectivity index (χ2v) is 10.8. The van der Waals surface area contributed by atoms with E-state index in [1.165, 1.54) is 23.9 Å². The smallest absolute Gasteiger partial charge is 0.332 e. The van der Waals surface area contributed by atoms with Gasteiger partial charge in [-0.1, -0.05) is 18.5 Å². The van der Waals surface area contributed by atoms with Crippen molar-refractivity contribution in [2.75, 3.05) is 0 Å². The highest BCUT2D eigenvalue weighted by molar-refractivity contribution is 7.89. The van der Waals surface area contributed by atoms with Crippen LogP contribution in [0.5, 0.6) is 0 Å². The van der Waals surface area contributed by atoms with Crippen molar-refractivity contribution in [3.63, 3.8) is 0 Å². The monoisotopic (exact) mass is 541 g/mol. The zero-order valence-electron chi connectivity index (χ0n) is 20.3. The molecule has 0 unspecified atom stereocenters. The summed E-state index contributed by atoms with van der Waals surface area (Å²) in [7, 11) is -0.941. The molecule has 0 aliphatic rings. The van der Waals surface area contributed by atoms with Gasteiger partial charge in [0.15, 0.2) is 5.65 Å². The Kier molecular flexibility index (Phi) is 6.05. The van der Waals surface area contributed by atoms with E-state index in [0.717, 1.165) is 21.0 Å². The van der Waals surface area contributed by atoms with E-state index in [0.29, 0.717) is 29.4 Å². The standard InChI is InChI=1S/C24H24ClN7O4S/c1-4-9-31-22-20(23(33)30(3)24(31)34)21(19-11-16(13-29(19)2)37(26,35)36)32(28-22)12-14-7-8-27-18-6-5-15(25)10-17(14)18/h5-8,10-11,13H,4,9,12H2,1-3H3,(H2,26,35,36). The lowest BCUT2D eigenvalue weighted by molar-refractivity contribution is 0.597.